The molecule has 11 heavy (non-hydrogen) atoms. The van der Waals surface area contributed by atoms with Gasteiger partial charge < -0.3 is 10.2 Å². The van der Waals surface area contributed by atoms with Crippen molar-refractivity contribution in [3.63, 3.8) is 0 Å². The molecule has 60 valence electrons. The third-order valence-corrected chi connectivity index (χ3v) is 1.64. The zero-order valence-corrected chi connectivity index (χ0v) is 6.49. The van der Waals surface area contributed by atoms with Crippen LogP contribution in [0.5, 0.6) is 0 Å². The minimum atomic E-state index is -0.740. The second-order valence-corrected chi connectivity index (χ2v) is 2.61. The molecule has 1 unspecified atom stereocenters. The van der Waals surface area contributed by atoms with Crippen molar-refractivity contribution >= 4 is 0 Å². The summed E-state index contributed by atoms with van der Waals surface area (Å²) in [5.41, 5.74) is 1.91. The predicted molar refractivity (Wildman–Crippen MR) is 43.2 cm³/mol. The van der Waals surface area contributed by atoms with Gasteiger partial charge in [0.25, 0.3) is 0 Å². The first-order valence-electron chi connectivity index (χ1n) is 3.59. The van der Waals surface area contributed by atoms with Gasteiger partial charge in [-0.25, -0.2) is 0 Å². The van der Waals surface area contributed by atoms with Crippen molar-refractivity contribution in [3.8, 4) is 0 Å². The lowest BCUT2D eigenvalue weighted by Crippen LogP contribution is -2.01. The molecule has 0 radical (unpaired) electrons. The Morgan fingerprint density at radius 2 is 1.82 bits per heavy atom. The van der Waals surface area contributed by atoms with Crippen molar-refractivity contribution in [3.05, 3.63) is 35.4 Å². The normalized spacial score (nSPS) is 13.0. The molecule has 2 heteroatoms. The number of hydrogen-bond donors (Lipinski definition) is 2. The minimum absolute atomic E-state index is 0.219. The minimum Gasteiger partial charge on any atom is -0.393 e. The summed E-state index contributed by atoms with van der Waals surface area (Å²) in [5, 5.41) is 17.8. The Kier molecular flexibility index (Phi) is 2.63. The van der Waals surface area contributed by atoms with Crippen LogP contribution in [-0.2, 0) is 0 Å². The maximum Gasteiger partial charge on any atom is 0.102 e. The molecule has 2 nitrogen and oxygen atoms in total. The Labute approximate surface area is 66.1 Å². The molecule has 1 aromatic rings. The van der Waals surface area contributed by atoms with E-state index < -0.39 is 6.10 Å². The van der Waals surface area contributed by atoms with Crippen LogP contribution in [0.15, 0.2) is 24.3 Å². The van der Waals surface area contributed by atoms with Crippen molar-refractivity contribution < 1.29 is 10.2 Å². The van der Waals surface area contributed by atoms with E-state index in [1.807, 2.05) is 31.2 Å². The number of aliphatic hydroxyl groups excluding tert-OH is 2. The number of hydrogen-bond acceptors (Lipinski definition) is 2. The van der Waals surface area contributed by atoms with Crippen LogP contribution in [0.25, 0.3) is 0 Å². The molecule has 0 aromatic heterocycles. The number of aryl methyl sites for hydroxylation is 1. The van der Waals surface area contributed by atoms with Gasteiger partial charge in [-0.15, -0.1) is 0 Å². The van der Waals surface area contributed by atoms with Crippen molar-refractivity contribution in [1.82, 2.24) is 0 Å². The quantitative estimate of drug-likeness (QED) is 0.664. The molecule has 0 saturated heterocycles. The lowest BCUT2D eigenvalue weighted by Gasteiger charge is -2.06. The van der Waals surface area contributed by atoms with Gasteiger partial charge in [-0.05, 0) is 12.5 Å². The Morgan fingerprint density at radius 3 is 2.27 bits per heavy atom. The van der Waals surface area contributed by atoms with Gasteiger partial charge >= 0.3 is 0 Å². The predicted octanol–water partition coefficient (Wildman–Crippen LogP) is 1.02. The highest BCUT2D eigenvalue weighted by Gasteiger charge is 2.03. The van der Waals surface area contributed by atoms with Gasteiger partial charge in [0.15, 0.2) is 0 Å². The molecule has 0 amide bonds. The largest absolute Gasteiger partial charge is 0.393 e. The Hall–Kier alpha value is -0.860. The van der Waals surface area contributed by atoms with Crippen LogP contribution in [0.3, 0.4) is 0 Å². The lowest BCUT2D eigenvalue weighted by molar-refractivity contribution is 0.0956. The van der Waals surface area contributed by atoms with Crippen LogP contribution in [0.2, 0.25) is 0 Å². The summed E-state index contributed by atoms with van der Waals surface area (Å²) in [7, 11) is 0. The fourth-order valence-electron chi connectivity index (χ4n) is 0.894. The van der Waals surface area contributed by atoms with Gasteiger partial charge in [0.05, 0.1) is 6.61 Å². The molecular formula is C9H12O2. The summed E-state index contributed by atoms with van der Waals surface area (Å²) in [4.78, 5) is 0. The highest BCUT2D eigenvalue weighted by molar-refractivity contribution is 5.22. The van der Waals surface area contributed by atoms with Crippen molar-refractivity contribution in [2.45, 2.75) is 13.0 Å². The third-order valence-electron chi connectivity index (χ3n) is 1.64. The average Bonchev–Trinajstić information content (AvgIpc) is 2.05. The Morgan fingerprint density at radius 1 is 1.27 bits per heavy atom. The van der Waals surface area contributed by atoms with Gasteiger partial charge in [0.1, 0.15) is 6.10 Å². The molecule has 2 N–H and O–H groups in total. The molecule has 0 aliphatic carbocycles. The van der Waals surface area contributed by atoms with E-state index in [2.05, 4.69) is 0 Å². The first-order valence-corrected chi connectivity index (χ1v) is 3.59. The van der Waals surface area contributed by atoms with E-state index in [1.54, 1.807) is 0 Å². The Balaban J connectivity index is 2.81. The van der Waals surface area contributed by atoms with E-state index in [4.69, 9.17) is 5.11 Å². The number of aliphatic hydroxyl groups is 2. The fraction of sp³-hybridized carbons (Fsp3) is 0.333. The van der Waals surface area contributed by atoms with Crippen molar-refractivity contribution in [2.24, 2.45) is 0 Å². The summed E-state index contributed by atoms with van der Waals surface area (Å²) >= 11 is 0. The van der Waals surface area contributed by atoms with Crippen LogP contribution < -0.4 is 0 Å². The molecule has 1 atom stereocenters. The molecule has 0 fully saturated rings. The average molecular weight is 152 g/mol. The number of rotatable bonds is 2. The zero-order chi connectivity index (χ0) is 8.27. The second kappa shape index (κ2) is 3.51. The van der Waals surface area contributed by atoms with Gasteiger partial charge in [-0.3, -0.25) is 0 Å². The van der Waals surface area contributed by atoms with Gasteiger partial charge in [-0.1, -0.05) is 29.8 Å². The molecule has 0 bridgehead atoms. The summed E-state index contributed by atoms with van der Waals surface area (Å²) < 4.78 is 0. The maximum atomic E-state index is 9.17. The van der Waals surface area contributed by atoms with Gasteiger partial charge in [-0.2, -0.15) is 0 Å². The zero-order valence-electron chi connectivity index (χ0n) is 6.49. The maximum absolute atomic E-state index is 9.17. The monoisotopic (exact) mass is 152 g/mol. The van der Waals surface area contributed by atoms with E-state index in [9.17, 15) is 5.11 Å². The molecule has 0 spiro atoms. The first kappa shape index (κ1) is 8.24. The van der Waals surface area contributed by atoms with E-state index in [-0.39, 0.29) is 6.61 Å². The molecule has 0 heterocycles. The number of benzene rings is 1. The molecule has 0 saturated carbocycles. The van der Waals surface area contributed by atoms with Crippen molar-refractivity contribution in [1.29, 1.82) is 0 Å². The first-order chi connectivity index (χ1) is 5.24. The van der Waals surface area contributed by atoms with Crippen LogP contribution in [0.4, 0.5) is 0 Å². The smallest absolute Gasteiger partial charge is 0.102 e. The fourth-order valence-corrected chi connectivity index (χ4v) is 0.894. The summed E-state index contributed by atoms with van der Waals surface area (Å²) in [5.74, 6) is 0. The third kappa shape index (κ3) is 2.03. The molecule has 0 aliphatic rings. The van der Waals surface area contributed by atoms with E-state index in [1.165, 1.54) is 0 Å². The van der Waals surface area contributed by atoms with Crippen LogP contribution in [-0.4, -0.2) is 16.8 Å². The van der Waals surface area contributed by atoms with Gasteiger partial charge in [0.2, 0.25) is 0 Å². The summed E-state index contributed by atoms with van der Waals surface area (Å²) in [6.45, 7) is 1.76. The standard InChI is InChI=1S/C9H12O2/c1-7-2-4-8(5-3-7)9(11)6-10/h2-5,9-11H,6H2,1H3. The van der Waals surface area contributed by atoms with Gasteiger partial charge in [0, 0.05) is 0 Å². The summed E-state index contributed by atoms with van der Waals surface area (Å²) in [6.07, 6.45) is -0.740. The second-order valence-electron chi connectivity index (χ2n) is 2.61. The molecular weight excluding hydrogens is 140 g/mol. The highest BCUT2D eigenvalue weighted by Crippen LogP contribution is 2.11. The molecule has 1 aromatic carbocycles. The van der Waals surface area contributed by atoms with Crippen LogP contribution in [0.1, 0.15) is 17.2 Å². The van der Waals surface area contributed by atoms with Crippen molar-refractivity contribution in [2.75, 3.05) is 6.61 Å². The Bertz CT molecular complexity index is 216. The van der Waals surface area contributed by atoms with E-state index in [0.717, 1.165) is 11.1 Å². The van der Waals surface area contributed by atoms with E-state index in [0.29, 0.717) is 0 Å². The summed E-state index contributed by atoms with van der Waals surface area (Å²) in [6, 6.07) is 7.45. The highest BCUT2D eigenvalue weighted by atomic mass is 16.3. The topological polar surface area (TPSA) is 40.5 Å². The SMILES string of the molecule is Cc1ccc(C(O)CO)cc1. The molecule has 0 aliphatic heterocycles. The lowest BCUT2D eigenvalue weighted by atomic mass is 10.1. The molecule has 1 rings (SSSR count). The van der Waals surface area contributed by atoms with E-state index >= 15 is 0 Å². The van der Waals surface area contributed by atoms with Crippen LogP contribution in [0, 0.1) is 6.92 Å². The van der Waals surface area contributed by atoms with Crippen LogP contribution >= 0.6 is 0 Å².